The van der Waals surface area contributed by atoms with E-state index in [1.165, 1.54) is 6.42 Å². The maximum atomic E-state index is 13.5. The summed E-state index contributed by atoms with van der Waals surface area (Å²) in [5.41, 5.74) is 5.23. The second-order valence-electron chi connectivity index (χ2n) is 13.6. The maximum Gasteiger partial charge on any atom is 0.242 e. The summed E-state index contributed by atoms with van der Waals surface area (Å²) in [6.07, 6.45) is 5.67. The number of amides is 1. The normalized spacial score (nSPS) is 16.6. The number of benzene rings is 1. The zero-order valence-corrected chi connectivity index (χ0v) is 27.4. The monoisotopic (exact) mass is 608 g/mol. The van der Waals surface area contributed by atoms with Crippen LogP contribution in [-0.2, 0) is 37.9 Å². The number of hydrogen-bond donors (Lipinski definition) is 4. The third-order valence-corrected chi connectivity index (χ3v) is 10.7. The molecule has 3 rings (SSSR count). The lowest BCUT2D eigenvalue weighted by atomic mass is 9.89. The van der Waals surface area contributed by atoms with Gasteiger partial charge < -0.3 is 15.4 Å². The van der Waals surface area contributed by atoms with Crippen LogP contribution >= 0.6 is 0 Å². The van der Waals surface area contributed by atoms with Gasteiger partial charge in [0.15, 0.2) is 0 Å². The van der Waals surface area contributed by atoms with Gasteiger partial charge in [0.25, 0.3) is 0 Å². The predicted octanol–water partition coefficient (Wildman–Crippen LogP) is 4.47. The molecule has 0 saturated heterocycles. The van der Waals surface area contributed by atoms with Gasteiger partial charge in [-0.15, -0.1) is 0 Å². The summed E-state index contributed by atoms with van der Waals surface area (Å²) in [5, 5.41) is 11.1. The highest BCUT2D eigenvalue weighted by Crippen LogP contribution is 2.36. The van der Waals surface area contributed by atoms with Gasteiger partial charge in [0.1, 0.15) is 15.9 Å². The van der Waals surface area contributed by atoms with E-state index >= 15 is 0 Å². The highest BCUT2D eigenvalue weighted by molar-refractivity contribution is 7.89. The molecule has 2 aromatic rings. The van der Waals surface area contributed by atoms with Crippen LogP contribution < -0.4 is 15.2 Å². The molecule has 1 heterocycles. The van der Waals surface area contributed by atoms with E-state index in [4.69, 9.17) is 5.73 Å². The zero-order valence-electron chi connectivity index (χ0n) is 25.8. The molecule has 1 saturated carbocycles. The first-order valence-electron chi connectivity index (χ1n) is 14.3. The van der Waals surface area contributed by atoms with E-state index in [0.29, 0.717) is 34.3 Å². The molecule has 5 N–H and O–H groups in total. The van der Waals surface area contributed by atoms with Crippen molar-refractivity contribution in [2.45, 2.75) is 115 Å². The minimum Gasteiger partial charge on any atom is -0.386 e. The molecule has 9 nitrogen and oxygen atoms in total. The van der Waals surface area contributed by atoms with Crippen LogP contribution in [0.25, 0.3) is 11.3 Å². The highest BCUT2D eigenvalue weighted by atomic mass is 32.2. The molecule has 1 fully saturated rings. The molecule has 11 heteroatoms. The fourth-order valence-electron chi connectivity index (χ4n) is 5.10. The summed E-state index contributed by atoms with van der Waals surface area (Å²) in [6, 6.07) is 7.04. The Labute approximate surface area is 248 Å². The number of aromatic nitrogens is 1. The smallest absolute Gasteiger partial charge is 0.242 e. The summed E-state index contributed by atoms with van der Waals surface area (Å²) in [6.45, 7) is 14.6. The first-order valence-corrected chi connectivity index (χ1v) is 16.9. The Morgan fingerprint density at radius 2 is 1.68 bits per heavy atom. The van der Waals surface area contributed by atoms with Crippen LogP contribution in [0.1, 0.15) is 91.8 Å². The first-order chi connectivity index (χ1) is 18.7. The van der Waals surface area contributed by atoms with Crippen molar-refractivity contribution in [1.82, 2.24) is 14.0 Å². The molecule has 0 radical (unpaired) electrons. The Balaban J connectivity index is 2.15. The van der Waals surface area contributed by atoms with Crippen molar-refractivity contribution in [3.8, 4) is 11.3 Å². The van der Waals surface area contributed by atoms with Gasteiger partial charge in [-0.25, -0.2) is 22.1 Å². The number of nitrogens with two attached hydrogens (primary N) is 1. The van der Waals surface area contributed by atoms with E-state index in [9.17, 15) is 22.5 Å². The Kier molecular flexibility index (Phi) is 10.0. The van der Waals surface area contributed by atoms with Crippen LogP contribution in [0.15, 0.2) is 34.1 Å². The molecule has 1 atom stereocenters. The second-order valence-corrected chi connectivity index (χ2v) is 16.5. The molecule has 0 aliphatic heterocycles. The highest BCUT2D eigenvalue weighted by Gasteiger charge is 2.31. The summed E-state index contributed by atoms with van der Waals surface area (Å²) in [5.74, 6) is -0.174. The third-order valence-electron chi connectivity index (χ3n) is 7.68. The predicted molar refractivity (Wildman–Crippen MR) is 164 cm³/mol. The second kappa shape index (κ2) is 12.3. The molecule has 1 aliphatic rings. The number of carbonyl (C=O) groups excluding carboxylic acids is 1. The van der Waals surface area contributed by atoms with Crippen LogP contribution in [0.3, 0.4) is 0 Å². The lowest BCUT2D eigenvalue weighted by Gasteiger charge is -2.26. The standard InChI is InChI=1S/C30H48N4O5S2/c1-20-26(41(38,39)32-19-29(5,6)27(31)35)17-24(34(20)18-21-12-10-9-11-13-21)22-14-15-25(23(16-22)30(7,8)36)40(37)33-28(2,3)4/h14-17,21,32-33,36H,9-13,18-19H2,1-8H3,(H2,31,35). The molecule has 0 spiro atoms. The minimum atomic E-state index is -3.98. The fraction of sp³-hybridized carbons (Fsp3) is 0.633. The summed E-state index contributed by atoms with van der Waals surface area (Å²) < 4.78 is 48.1. The molecule has 1 aromatic heterocycles. The molecule has 1 aromatic carbocycles. The summed E-state index contributed by atoms with van der Waals surface area (Å²) in [4.78, 5) is 12.4. The molecule has 0 bridgehead atoms. The Hall–Kier alpha value is -2.05. The van der Waals surface area contributed by atoms with E-state index in [1.54, 1.807) is 46.8 Å². The largest absolute Gasteiger partial charge is 0.386 e. The van der Waals surface area contributed by atoms with Gasteiger partial charge >= 0.3 is 0 Å². The number of hydrogen-bond acceptors (Lipinski definition) is 5. The number of primary amides is 1. The Bertz CT molecular complexity index is 1390. The average molecular weight is 609 g/mol. The van der Waals surface area contributed by atoms with Crippen molar-refractivity contribution >= 4 is 26.9 Å². The molecule has 1 amide bonds. The van der Waals surface area contributed by atoms with Crippen molar-refractivity contribution in [2.24, 2.45) is 17.1 Å². The number of carbonyl (C=O) groups is 1. The minimum absolute atomic E-state index is 0.128. The lowest BCUT2D eigenvalue weighted by Crippen LogP contribution is -2.42. The van der Waals surface area contributed by atoms with Crippen molar-refractivity contribution in [3.63, 3.8) is 0 Å². The molecule has 230 valence electrons. The Morgan fingerprint density at radius 3 is 2.22 bits per heavy atom. The molecule has 41 heavy (non-hydrogen) atoms. The number of sulfonamides is 1. The topological polar surface area (TPSA) is 144 Å². The number of aliphatic hydroxyl groups is 1. The quantitative estimate of drug-likeness (QED) is 0.298. The van der Waals surface area contributed by atoms with E-state index in [0.717, 1.165) is 31.2 Å². The van der Waals surface area contributed by atoms with Crippen molar-refractivity contribution in [2.75, 3.05) is 6.54 Å². The molecule has 1 unspecified atom stereocenters. The van der Waals surface area contributed by atoms with Crippen molar-refractivity contribution in [3.05, 3.63) is 35.5 Å². The third kappa shape index (κ3) is 8.28. The lowest BCUT2D eigenvalue weighted by molar-refractivity contribution is -0.125. The average Bonchev–Trinajstić information content (AvgIpc) is 3.18. The summed E-state index contributed by atoms with van der Waals surface area (Å²) in [7, 11) is -5.55. The van der Waals surface area contributed by atoms with Gasteiger partial charge in [-0.05, 0) is 97.9 Å². The van der Waals surface area contributed by atoms with Crippen LogP contribution in [0.5, 0.6) is 0 Å². The van der Waals surface area contributed by atoms with E-state index < -0.39 is 43.5 Å². The van der Waals surface area contributed by atoms with E-state index in [1.807, 2.05) is 32.9 Å². The van der Waals surface area contributed by atoms with Gasteiger partial charge in [-0.1, -0.05) is 25.3 Å². The summed E-state index contributed by atoms with van der Waals surface area (Å²) >= 11 is 0. The van der Waals surface area contributed by atoms with Gasteiger partial charge in [0.05, 0.1) is 15.9 Å². The first kappa shape index (κ1) is 33.5. The number of nitrogens with one attached hydrogen (secondary N) is 2. The molecular weight excluding hydrogens is 560 g/mol. The Morgan fingerprint density at radius 1 is 1.07 bits per heavy atom. The zero-order chi connectivity index (χ0) is 31.0. The SMILES string of the molecule is Cc1c(S(=O)(=O)NCC(C)(C)C(N)=O)cc(-c2ccc(S(=O)NC(C)(C)C)c(C(C)(C)O)c2)n1CC1CCCCC1. The van der Waals surface area contributed by atoms with Crippen LogP contribution in [-0.4, -0.2) is 40.3 Å². The van der Waals surface area contributed by atoms with Gasteiger partial charge in [0.2, 0.25) is 15.9 Å². The van der Waals surface area contributed by atoms with E-state index in [2.05, 4.69) is 14.0 Å². The van der Waals surface area contributed by atoms with Gasteiger partial charge in [-0.3, -0.25) is 4.79 Å². The van der Waals surface area contributed by atoms with Crippen LogP contribution in [0.4, 0.5) is 0 Å². The van der Waals surface area contributed by atoms with Crippen LogP contribution in [0, 0.1) is 18.3 Å². The number of rotatable bonds is 11. The van der Waals surface area contributed by atoms with Crippen molar-refractivity contribution in [1.29, 1.82) is 0 Å². The van der Waals surface area contributed by atoms with Gasteiger partial charge in [0, 0.05) is 35.6 Å². The number of nitrogens with zero attached hydrogens (tertiary/aromatic N) is 1. The van der Waals surface area contributed by atoms with E-state index in [-0.39, 0.29) is 11.4 Å². The van der Waals surface area contributed by atoms with Gasteiger partial charge in [-0.2, -0.15) is 0 Å². The van der Waals surface area contributed by atoms with Crippen LogP contribution in [0.2, 0.25) is 0 Å². The molecule has 1 aliphatic carbocycles. The fourth-order valence-corrected chi connectivity index (χ4v) is 7.94. The van der Waals surface area contributed by atoms with Crippen molar-refractivity contribution < 1.29 is 22.5 Å². The molecular formula is C30H48N4O5S2. The maximum absolute atomic E-state index is 13.5.